The van der Waals surface area contributed by atoms with Crippen LogP contribution < -0.4 is 0 Å². The quantitative estimate of drug-likeness (QED) is 0.896. The minimum absolute atomic E-state index is 0.550. The molecule has 0 spiro atoms. The monoisotopic (exact) mass is 254 g/mol. The number of halogens is 1. The van der Waals surface area contributed by atoms with E-state index in [0.29, 0.717) is 10.9 Å². The third kappa shape index (κ3) is 3.44. The van der Waals surface area contributed by atoms with Crippen molar-refractivity contribution in [1.82, 2.24) is 0 Å². The van der Waals surface area contributed by atoms with Crippen molar-refractivity contribution in [3.8, 4) is 0 Å². The predicted octanol–water partition coefficient (Wildman–Crippen LogP) is 3.36. The average molecular weight is 255 g/mol. The van der Waals surface area contributed by atoms with Gasteiger partial charge in [-0.1, -0.05) is 23.7 Å². The fraction of sp³-hybridized carbons (Fsp3) is 0.571. The first-order chi connectivity index (χ1) is 8.08. The van der Waals surface area contributed by atoms with Crippen molar-refractivity contribution < 1.29 is 9.84 Å². The summed E-state index contributed by atoms with van der Waals surface area (Å²) in [7, 11) is 0. The van der Waals surface area contributed by atoms with E-state index < -0.39 is 5.60 Å². The second kappa shape index (κ2) is 5.38. The summed E-state index contributed by atoms with van der Waals surface area (Å²) in [6.07, 6.45) is 2.88. The second-order valence-corrected chi connectivity index (χ2v) is 5.48. The van der Waals surface area contributed by atoms with Crippen molar-refractivity contribution in [1.29, 1.82) is 0 Å². The van der Waals surface area contributed by atoms with Gasteiger partial charge in [-0.15, -0.1) is 0 Å². The molecule has 0 bridgehead atoms. The summed E-state index contributed by atoms with van der Waals surface area (Å²) < 4.78 is 5.34. The second-order valence-electron chi connectivity index (χ2n) is 5.04. The molecule has 1 aromatic carbocycles. The van der Waals surface area contributed by atoms with Crippen molar-refractivity contribution in [2.75, 3.05) is 13.2 Å². The summed E-state index contributed by atoms with van der Waals surface area (Å²) in [4.78, 5) is 0. The first-order valence-electron chi connectivity index (χ1n) is 6.14. The van der Waals surface area contributed by atoms with Crippen molar-refractivity contribution in [3.63, 3.8) is 0 Å². The van der Waals surface area contributed by atoms with Crippen LogP contribution in [0.5, 0.6) is 0 Å². The van der Waals surface area contributed by atoms with Crippen LogP contribution in [0.2, 0.25) is 5.02 Å². The first kappa shape index (κ1) is 12.9. The largest absolute Gasteiger partial charge is 0.385 e. The summed E-state index contributed by atoms with van der Waals surface area (Å²) in [5, 5.41) is 11.2. The number of benzene rings is 1. The Kier molecular flexibility index (Phi) is 4.08. The van der Waals surface area contributed by atoms with Crippen LogP contribution >= 0.6 is 11.6 Å². The highest BCUT2D eigenvalue weighted by Gasteiger charge is 2.28. The molecule has 1 saturated heterocycles. The van der Waals surface area contributed by atoms with Crippen LogP contribution in [0.4, 0.5) is 0 Å². The van der Waals surface area contributed by atoms with Crippen molar-refractivity contribution in [2.45, 2.75) is 31.8 Å². The molecular formula is C14H19ClO2. The molecule has 1 atom stereocenters. The molecule has 1 unspecified atom stereocenters. The minimum atomic E-state index is -0.771. The van der Waals surface area contributed by atoms with Gasteiger partial charge in [0, 0.05) is 18.2 Å². The lowest BCUT2D eigenvalue weighted by Crippen LogP contribution is -2.28. The van der Waals surface area contributed by atoms with Crippen molar-refractivity contribution >= 4 is 11.6 Å². The molecule has 0 saturated carbocycles. The number of rotatable bonds is 3. The van der Waals surface area contributed by atoms with Crippen molar-refractivity contribution in [3.05, 3.63) is 34.9 Å². The molecule has 94 valence electrons. The molecule has 2 nitrogen and oxygen atoms in total. The Hall–Kier alpha value is -0.570. The van der Waals surface area contributed by atoms with E-state index in [2.05, 4.69) is 0 Å². The fourth-order valence-electron chi connectivity index (χ4n) is 2.44. The van der Waals surface area contributed by atoms with Gasteiger partial charge in [0.15, 0.2) is 0 Å². The van der Waals surface area contributed by atoms with Gasteiger partial charge in [0.25, 0.3) is 0 Å². The first-order valence-corrected chi connectivity index (χ1v) is 6.52. The zero-order valence-corrected chi connectivity index (χ0v) is 10.9. The number of hydrogen-bond donors (Lipinski definition) is 1. The zero-order chi connectivity index (χ0) is 12.3. The molecule has 1 aliphatic rings. The Morgan fingerprint density at radius 3 is 2.47 bits per heavy atom. The molecule has 3 heteroatoms. The maximum atomic E-state index is 10.5. The van der Waals surface area contributed by atoms with Crippen LogP contribution in [0.25, 0.3) is 0 Å². The Morgan fingerprint density at radius 1 is 1.29 bits per heavy atom. The molecule has 1 aromatic rings. The van der Waals surface area contributed by atoms with Gasteiger partial charge in [0.05, 0.1) is 5.60 Å². The smallest absolute Gasteiger partial charge is 0.0871 e. The fourth-order valence-corrected chi connectivity index (χ4v) is 2.57. The maximum absolute atomic E-state index is 10.5. The Bertz CT molecular complexity index is 353. The molecule has 1 N–H and O–H groups in total. The Labute approximate surface area is 108 Å². The van der Waals surface area contributed by atoms with Gasteiger partial charge in [-0.05, 0) is 49.8 Å². The lowest BCUT2D eigenvalue weighted by molar-refractivity contribution is -0.00303. The number of ether oxygens (including phenoxy) is 1. The Balaban J connectivity index is 2.04. The van der Waals surface area contributed by atoms with Crippen LogP contribution in [-0.4, -0.2) is 18.3 Å². The Morgan fingerprint density at radius 2 is 1.88 bits per heavy atom. The standard InChI is InChI=1S/C14H19ClO2/c1-14(16,10-11-6-8-17-9-7-11)12-2-4-13(15)5-3-12/h2-5,11,16H,6-10H2,1H3. The SMILES string of the molecule is CC(O)(CC1CCOCC1)c1ccc(Cl)cc1. The summed E-state index contributed by atoms with van der Waals surface area (Å²) in [5.74, 6) is 0.550. The summed E-state index contributed by atoms with van der Waals surface area (Å²) in [6, 6.07) is 7.47. The molecule has 0 amide bonds. The van der Waals surface area contributed by atoms with Crippen LogP contribution in [-0.2, 0) is 10.3 Å². The maximum Gasteiger partial charge on any atom is 0.0871 e. The van der Waals surface area contributed by atoms with Gasteiger partial charge >= 0.3 is 0 Å². The molecule has 17 heavy (non-hydrogen) atoms. The molecule has 0 radical (unpaired) electrons. The predicted molar refractivity (Wildman–Crippen MR) is 69.2 cm³/mol. The summed E-state index contributed by atoms with van der Waals surface area (Å²) in [6.45, 7) is 3.52. The normalized spacial score (nSPS) is 21.1. The highest BCUT2D eigenvalue weighted by atomic mass is 35.5. The molecular weight excluding hydrogens is 236 g/mol. The van der Waals surface area contributed by atoms with E-state index in [1.807, 2.05) is 31.2 Å². The molecule has 2 rings (SSSR count). The molecule has 1 fully saturated rings. The third-order valence-corrected chi connectivity index (χ3v) is 3.75. The van der Waals surface area contributed by atoms with Crippen LogP contribution in [0.3, 0.4) is 0 Å². The van der Waals surface area contributed by atoms with Gasteiger partial charge in [0.1, 0.15) is 0 Å². The molecule has 0 aromatic heterocycles. The van der Waals surface area contributed by atoms with Gasteiger partial charge in [-0.25, -0.2) is 0 Å². The molecule has 1 aliphatic heterocycles. The number of hydrogen-bond acceptors (Lipinski definition) is 2. The lowest BCUT2D eigenvalue weighted by atomic mass is 9.83. The van der Waals surface area contributed by atoms with E-state index in [-0.39, 0.29) is 0 Å². The number of aliphatic hydroxyl groups is 1. The zero-order valence-electron chi connectivity index (χ0n) is 10.2. The van der Waals surface area contributed by atoms with E-state index in [1.54, 1.807) is 0 Å². The highest BCUT2D eigenvalue weighted by Crippen LogP contribution is 2.32. The third-order valence-electron chi connectivity index (χ3n) is 3.49. The van der Waals surface area contributed by atoms with E-state index in [1.165, 1.54) is 0 Å². The van der Waals surface area contributed by atoms with Gasteiger partial charge < -0.3 is 9.84 Å². The van der Waals surface area contributed by atoms with E-state index >= 15 is 0 Å². The molecule has 1 heterocycles. The van der Waals surface area contributed by atoms with Crippen molar-refractivity contribution in [2.24, 2.45) is 5.92 Å². The van der Waals surface area contributed by atoms with Crippen LogP contribution in [0, 0.1) is 5.92 Å². The van der Waals surface area contributed by atoms with Crippen LogP contribution in [0.15, 0.2) is 24.3 Å². The summed E-state index contributed by atoms with van der Waals surface area (Å²) in [5.41, 5.74) is 0.167. The topological polar surface area (TPSA) is 29.5 Å². The lowest BCUT2D eigenvalue weighted by Gasteiger charge is -2.31. The van der Waals surface area contributed by atoms with E-state index in [0.717, 1.165) is 38.0 Å². The average Bonchev–Trinajstić information content (AvgIpc) is 2.30. The summed E-state index contributed by atoms with van der Waals surface area (Å²) >= 11 is 5.86. The van der Waals surface area contributed by atoms with Crippen LogP contribution in [0.1, 0.15) is 31.7 Å². The molecule has 0 aliphatic carbocycles. The van der Waals surface area contributed by atoms with Gasteiger partial charge in [0.2, 0.25) is 0 Å². The van der Waals surface area contributed by atoms with E-state index in [4.69, 9.17) is 16.3 Å². The highest BCUT2D eigenvalue weighted by molar-refractivity contribution is 6.30. The van der Waals surface area contributed by atoms with Gasteiger partial charge in [-0.2, -0.15) is 0 Å². The van der Waals surface area contributed by atoms with Gasteiger partial charge in [-0.3, -0.25) is 0 Å². The van der Waals surface area contributed by atoms with E-state index in [9.17, 15) is 5.11 Å². The minimum Gasteiger partial charge on any atom is -0.385 e.